The van der Waals surface area contributed by atoms with Crippen LogP contribution >= 0.6 is 15.9 Å². The third-order valence-corrected chi connectivity index (χ3v) is 5.58. The summed E-state index contributed by atoms with van der Waals surface area (Å²) < 4.78 is 11.8. The Bertz CT molecular complexity index is 492. The first-order valence-corrected chi connectivity index (χ1v) is 8.14. The highest BCUT2D eigenvalue weighted by Crippen LogP contribution is 2.44. The standard InChI is InChI=1S/C16H22BrNO2/c1-19-15-7-12(13(17)8-16(15)20-2)9-18-14-6-10-3-4-11(14)5-10/h7-8,10-11,14,18H,3-6,9H2,1-2H3. The third-order valence-electron chi connectivity index (χ3n) is 4.85. The second-order valence-electron chi connectivity index (χ2n) is 5.96. The van der Waals surface area contributed by atoms with Crippen molar-refractivity contribution in [3.63, 3.8) is 0 Å². The topological polar surface area (TPSA) is 30.5 Å². The van der Waals surface area contributed by atoms with Crippen molar-refractivity contribution in [2.45, 2.75) is 38.3 Å². The Labute approximate surface area is 129 Å². The molecule has 2 aliphatic carbocycles. The zero-order chi connectivity index (χ0) is 14.1. The van der Waals surface area contributed by atoms with Crippen LogP contribution in [0.1, 0.15) is 31.2 Å². The van der Waals surface area contributed by atoms with Gasteiger partial charge in [-0.2, -0.15) is 0 Å². The van der Waals surface area contributed by atoms with Gasteiger partial charge in [-0.1, -0.05) is 22.4 Å². The summed E-state index contributed by atoms with van der Waals surface area (Å²) in [6.07, 6.45) is 5.65. The van der Waals surface area contributed by atoms with Crippen LogP contribution in [-0.2, 0) is 6.54 Å². The monoisotopic (exact) mass is 339 g/mol. The molecule has 20 heavy (non-hydrogen) atoms. The van der Waals surface area contributed by atoms with Gasteiger partial charge in [0.25, 0.3) is 0 Å². The molecule has 0 heterocycles. The molecule has 3 rings (SSSR count). The van der Waals surface area contributed by atoms with Gasteiger partial charge >= 0.3 is 0 Å². The number of hydrogen-bond acceptors (Lipinski definition) is 3. The second kappa shape index (κ2) is 5.94. The van der Waals surface area contributed by atoms with Gasteiger partial charge in [0.2, 0.25) is 0 Å². The summed E-state index contributed by atoms with van der Waals surface area (Å²) in [7, 11) is 3.34. The highest BCUT2D eigenvalue weighted by molar-refractivity contribution is 9.10. The second-order valence-corrected chi connectivity index (χ2v) is 6.82. The van der Waals surface area contributed by atoms with Crippen LogP contribution in [0, 0.1) is 11.8 Å². The van der Waals surface area contributed by atoms with E-state index in [-0.39, 0.29) is 0 Å². The molecule has 0 radical (unpaired) electrons. The van der Waals surface area contributed by atoms with Crippen LogP contribution in [0.25, 0.3) is 0 Å². The molecule has 4 heteroatoms. The fraction of sp³-hybridized carbons (Fsp3) is 0.625. The number of ether oxygens (including phenoxy) is 2. The molecule has 1 aromatic rings. The number of hydrogen-bond donors (Lipinski definition) is 1. The Morgan fingerprint density at radius 1 is 1.15 bits per heavy atom. The molecular weight excluding hydrogens is 318 g/mol. The predicted molar refractivity (Wildman–Crippen MR) is 83.3 cm³/mol. The maximum atomic E-state index is 5.38. The van der Waals surface area contributed by atoms with E-state index in [1.165, 1.54) is 31.2 Å². The highest BCUT2D eigenvalue weighted by atomic mass is 79.9. The summed E-state index contributed by atoms with van der Waals surface area (Å²) in [5.74, 6) is 3.44. The average molecular weight is 340 g/mol. The van der Waals surface area contributed by atoms with Gasteiger partial charge in [-0.05, 0) is 48.8 Å². The van der Waals surface area contributed by atoms with Crippen LogP contribution in [0.5, 0.6) is 11.5 Å². The van der Waals surface area contributed by atoms with Gasteiger partial charge < -0.3 is 14.8 Å². The van der Waals surface area contributed by atoms with Crippen LogP contribution in [0.4, 0.5) is 0 Å². The van der Waals surface area contributed by atoms with E-state index in [0.717, 1.165) is 34.4 Å². The summed E-state index contributed by atoms with van der Waals surface area (Å²) in [6, 6.07) is 4.74. The zero-order valence-corrected chi connectivity index (χ0v) is 13.7. The number of fused-ring (bicyclic) bond motifs is 2. The molecule has 2 fully saturated rings. The van der Waals surface area contributed by atoms with E-state index in [9.17, 15) is 0 Å². The van der Waals surface area contributed by atoms with Crippen LogP contribution < -0.4 is 14.8 Å². The molecule has 3 unspecified atom stereocenters. The summed E-state index contributed by atoms with van der Waals surface area (Å²) in [4.78, 5) is 0. The van der Waals surface area contributed by atoms with Gasteiger partial charge in [0.1, 0.15) is 0 Å². The molecule has 2 saturated carbocycles. The molecule has 2 aliphatic rings. The van der Waals surface area contributed by atoms with Crippen molar-refractivity contribution in [2.24, 2.45) is 11.8 Å². The van der Waals surface area contributed by atoms with E-state index in [0.29, 0.717) is 6.04 Å². The van der Waals surface area contributed by atoms with Crippen molar-refractivity contribution >= 4 is 15.9 Å². The van der Waals surface area contributed by atoms with Crippen molar-refractivity contribution in [2.75, 3.05) is 14.2 Å². The van der Waals surface area contributed by atoms with Crippen LogP contribution in [-0.4, -0.2) is 20.3 Å². The first kappa shape index (κ1) is 14.2. The lowest BCUT2D eigenvalue weighted by Crippen LogP contribution is -2.33. The third kappa shape index (κ3) is 2.68. The number of methoxy groups -OCH3 is 2. The molecule has 3 nitrogen and oxygen atoms in total. The first-order valence-electron chi connectivity index (χ1n) is 7.35. The lowest BCUT2D eigenvalue weighted by molar-refractivity contribution is 0.346. The lowest BCUT2D eigenvalue weighted by atomic mass is 9.95. The number of halogens is 1. The van der Waals surface area contributed by atoms with E-state index in [1.54, 1.807) is 14.2 Å². The maximum Gasteiger partial charge on any atom is 0.161 e. The van der Waals surface area contributed by atoms with Gasteiger partial charge in [0.05, 0.1) is 14.2 Å². The predicted octanol–water partition coefficient (Wildman–Crippen LogP) is 3.74. The van der Waals surface area contributed by atoms with Crippen molar-refractivity contribution < 1.29 is 9.47 Å². The SMILES string of the molecule is COc1cc(Br)c(CNC2CC3CCC2C3)cc1OC. The molecule has 1 N–H and O–H groups in total. The summed E-state index contributed by atoms with van der Waals surface area (Å²) in [5.41, 5.74) is 1.23. The molecule has 0 aliphatic heterocycles. The lowest BCUT2D eigenvalue weighted by Gasteiger charge is -2.23. The number of benzene rings is 1. The Hall–Kier alpha value is -0.740. The van der Waals surface area contributed by atoms with Crippen LogP contribution in [0.3, 0.4) is 0 Å². The molecule has 110 valence electrons. The Kier molecular flexibility index (Phi) is 4.22. The number of rotatable bonds is 5. The van der Waals surface area contributed by atoms with Gasteiger partial charge in [-0.15, -0.1) is 0 Å². The van der Waals surface area contributed by atoms with E-state index >= 15 is 0 Å². The molecule has 1 aromatic carbocycles. The Morgan fingerprint density at radius 3 is 2.50 bits per heavy atom. The van der Waals surface area contributed by atoms with Crippen molar-refractivity contribution in [1.29, 1.82) is 0 Å². The highest BCUT2D eigenvalue weighted by Gasteiger charge is 2.39. The molecule has 3 atom stereocenters. The Balaban J connectivity index is 1.68. The van der Waals surface area contributed by atoms with E-state index in [2.05, 4.69) is 27.3 Å². The molecule has 0 amide bonds. The van der Waals surface area contributed by atoms with Gasteiger partial charge in [0, 0.05) is 17.1 Å². The normalized spacial score (nSPS) is 27.9. The van der Waals surface area contributed by atoms with Crippen molar-refractivity contribution in [3.05, 3.63) is 22.2 Å². The summed E-state index contributed by atoms with van der Waals surface area (Å²) >= 11 is 3.63. The quantitative estimate of drug-likeness (QED) is 0.886. The smallest absolute Gasteiger partial charge is 0.161 e. The summed E-state index contributed by atoms with van der Waals surface area (Å²) in [6.45, 7) is 0.884. The fourth-order valence-electron chi connectivity index (χ4n) is 3.77. The molecular formula is C16H22BrNO2. The van der Waals surface area contributed by atoms with Crippen molar-refractivity contribution in [3.8, 4) is 11.5 Å². The minimum Gasteiger partial charge on any atom is -0.493 e. The van der Waals surface area contributed by atoms with Crippen LogP contribution in [0.15, 0.2) is 16.6 Å². The van der Waals surface area contributed by atoms with E-state index < -0.39 is 0 Å². The first-order chi connectivity index (χ1) is 9.71. The largest absolute Gasteiger partial charge is 0.493 e. The Morgan fingerprint density at radius 2 is 1.90 bits per heavy atom. The molecule has 0 saturated heterocycles. The van der Waals surface area contributed by atoms with Crippen molar-refractivity contribution in [1.82, 2.24) is 5.32 Å². The van der Waals surface area contributed by atoms with Crippen LogP contribution in [0.2, 0.25) is 0 Å². The van der Waals surface area contributed by atoms with Gasteiger partial charge in [0.15, 0.2) is 11.5 Å². The zero-order valence-electron chi connectivity index (χ0n) is 12.1. The molecule has 2 bridgehead atoms. The fourth-order valence-corrected chi connectivity index (χ4v) is 4.23. The average Bonchev–Trinajstić information content (AvgIpc) is 3.08. The van der Waals surface area contributed by atoms with E-state index in [4.69, 9.17) is 9.47 Å². The minimum atomic E-state index is 0.703. The molecule has 0 aromatic heterocycles. The van der Waals surface area contributed by atoms with Gasteiger partial charge in [-0.3, -0.25) is 0 Å². The molecule has 0 spiro atoms. The van der Waals surface area contributed by atoms with E-state index in [1.807, 2.05) is 6.07 Å². The summed E-state index contributed by atoms with van der Waals surface area (Å²) in [5, 5.41) is 3.73. The number of nitrogens with one attached hydrogen (secondary N) is 1. The van der Waals surface area contributed by atoms with Gasteiger partial charge in [-0.25, -0.2) is 0 Å². The maximum absolute atomic E-state index is 5.38. The minimum absolute atomic E-state index is 0.703.